The summed E-state index contributed by atoms with van der Waals surface area (Å²) in [5, 5.41) is 0. The van der Waals surface area contributed by atoms with E-state index in [-0.39, 0.29) is 6.29 Å². The van der Waals surface area contributed by atoms with Gasteiger partial charge in [0.25, 0.3) is 0 Å². The molecule has 10 heavy (non-hydrogen) atoms. The summed E-state index contributed by atoms with van der Waals surface area (Å²) in [6.07, 6.45) is 2.40. The minimum absolute atomic E-state index is 0.0428. The molecule has 0 N–H and O–H groups in total. The predicted molar refractivity (Wildman–Crippen MR) is 37.6 cm³/mol. The molecule has 0 aliphatic carbocycles. The summed E-state index contributed by atoms with van der Waals surface area (Å²) in [6.45, 7) is 5.49. The van der Waals surface area contributed by atoms with Crippen LogP contribution in [-0.2, 0) is 9.47 Å². The van der Waals surface area contributed by atoms with Gasteiger partial charge in [-0.2, -0.15) is 0 Å². The molecule has 0 aromatic carbocycles. The van der Waals surface area contributed by atoms with Gasteiger partial charge in [-0.05, 0) is 18.4 Å². The highest BCUT2D eigenvalue weighted by molar-refractivity contribution is 5.07. The molecule has 0 bridgehead atoms. The molecular formula is C8H12O2. The lowest BCUT2D eigenvalue weighted by Crippen LogP contribution is -2.25. The van der Waals surface area contributed by atoms with Crippen molar-refractivity contribution >= 4 is 0 Å². The van der Waals surface area contributed by atoms with E-state index in [4.69, 9.17) is 9.47 Å². The van der Waals surface area contributed by atoms with E-state index in [2.05, 4.69) is 6.58 Å². The van der Waals surface area contributed by atoms with E-state index in [0.29, 0.717) is 12.5 Å². The monoisotopic (exact) mass is 140 g/mol. The van der Waals surface area contributed by atoms with Crippen molar-refractivity contribution in [1.29, 1.82) is 0 Å². The molecule has 0 aromatic rings. The van der Waals surface area contributed by atoms with Gasteiger partial charge in [0.15, 0.2) is 6.29 Å². The molecule has 2 rings (SSSR count). The van der Waals surface area contributed by atoms with Crippen molar-refractivity contribution in [1.82, 2.24) is 0 Å². The van der Waals surface area contributed by atoms with E-state index in [0.717, 1.165) is 13.0 Å². The van der Waals surface area contributed by atoms with E-state index < -0.39 is 0 Å². The second kappa shape index (κ2) is 2.36. The summed E-state index contributed by atoms with van der Waals surface area (Å²) in [5.41, 5.74) is 1.21. The Morgan fingerprint density at radius 3 is 3.10 bits per heavy atom. The lowest BCUT2D eigenvalue weighted by atomic mass is 9.96. The maximum atomic E-state index is 5.39. The molecule has 56 valence electrons. The van der Waals surface area contributed by atoms with Crippen molar-refractivity contribution < 1.29 is 9.47 Å². The summed E-state index contributed by atoms with van der Waals surface area (Å²) >= 11 is 0. The van der Waals surface area contributed by atoms with E-state index in [1.54, 1.807) is 0 Å². The summed E-state index contributed by atoms with van der Waals surface area (Å²) in [6, 6.07) is 0. The van der Waals surface area contributed by atoms with Crippen LogP contribution in [0.5, 0.6) is 0 Å². The minimum Gasteiger partial charge on any atom is -0.352 e. The zero-order valence-electron chi connectivity index (χ0n) is 6.01. The zero-order chi connectivity index (χ0) is 6.97. The highest BCUT2D eigenvalue weighted by Crippen LogP contribution is 2.32. The molecule has 0 amide bonds. The molecule has 0 saturated carbocycles. The molecule has 2 fully saturated rings. The largest absolute Gasteiger partial charge is 0.352 e. The summed E-state index contributed by atoms with van der Waals surface area (Å²) in [4.78, 5) is 0. The Morgan fingerprint density at radius 2 is 2.30 bits per heavy atom. The third kappa shape index (κ3) is 0.879. The molecule has 2 heterocycles. The van der Waals surface area contributed by atoms with Crippen LogP contribution >= 0.6 is 0 Å². The first-order valence-electron chi connectivity index (χ1n) is 3.79. The van der Waals surface area contributed by atoms with E-state index in [1.165, 1.54) is 12.0 Å². The van der Waals surface area contributed by atoms with Gasteiger partial charge in [0.2, 0.25) is 0 Å². The molecule has 0 radical (unpaired) electrons. The fourth-order valence-electron chi connectivity index (χ4n) is 1.61. The van der Waals surface area contributed by atoms with E-state index in [1.807, 2.05) is 0 Å². The SMILES string of the molecule is C=C1CO[C@@H]2OCCC[C@H]12. The van der Waals surface area contributed by atoms with Gasteiger partial charge in [-0.15, -0.1) is 0 Å². The van der Waals surface area contributed by atoms with Crippen molar-refractivity contribution in [2.45, 2.75) is 19.1 Å². The quantitative estimate of drug-likeness (QED) is 0.472. The van der Waals surface area contributed by atoms with Crippen molar-refractivity contribution in [3.63, 3.8) is 0 Å². The van der Waals surface area contributed by atoms with Gasteiger partial charge < -0.3 is 9.47 Å². The Kier molecular flexibility index (Phi) is 1.51. The van der Waals surface area contributed by atoms with Crippen LogP contribution < -0.4 is 0 Å². The first kappa shape index (κ1) is 6.38. The van der Waals surface area contributed by atoms with Crippen LogP contribution in [0, 0.1) is 5.92 Å². The van der Waals surface area contributed by atoms with Crippen LogP contribution in [-0.4, -0.2) is 19.5 Å². The van der Waals surface area contributed by atoms with E-state index >= 15 is 0 Å². The second-order valence-corrected chi connectivity index (χ2v) is 2.96. The molecule has 0 spiro atoms. The Hall–Kier alpha value is -0.340. The first-order chi connectivity index (χ1) is 4.88. The fraction of sp³-hybridized carbons (Fsp3) is 0.750. The molecule has 2 aliphatic rings. The molecular weight excluding hydrogens is 128 g/mol. The van der Waals surface area contributed by atoms with Crippen LogP contribution in [0.3, 0.4) is 0 Å². The highest BCUT2D eigenvalue weighted by Gasteiger charge is 2.34. The Balaban J connectivity index is 2.08. The number of ether oxygens (including phenoxy) is 2. The van der Waals surface area contributed by atoms with Crippen LogP contribution in [0.2, 0.25) is 0 Å². The Labute approximate surface area is 60.8 Å². The molecule has 2 nitrogen and oxygen atoms in total. The highest BCUT2D eigenvalue weighted by atomic mass is 16.7. The third-order valence-corrected chi connectivity index (χ3v) is 2.23. The van der Waals surface area contributed by atoms with Crippen LogP contribution in [0.1, 0.15) is 12.8 Å². The summed E-state index contributed by atoms with van der Waals surface area (Å²) in [5.74, 6) is 0.494. The third-order valence-electron chi connectivity index (χ3n) is 2.23. The van der Waals surface area contributed by atoms with Gasteiger partial charge in [-0.25, -0.2) is 0 Å². The Morgan fingerprint density at radius 1 is 1.40 bits per heavy atom. The average molecular weight is 140 g/mol. The lowest BCUT2D eigenvalue weighted by molar-refractivity contribution is -0.150. The molecule has 2 aliphatic heterocycles. The van der Waals surface area contributed by atoms with Gasteiger partial charge in [-0.3, -0.25) is 0 Å². The molecule has 0 aromatic heterocycles. The Bertz CT molecular complexity index is 153. The van der Waals surface area contributed by atoms with Gasteiger partial charge >= 0.3 is 0 Å². The van der Waals surface area contributed by atoms with Gasteiger partial charge in [0.1, 0.15) is 0 Å². The molecule has 2 heteroatoms. The zero-order valence-corrected chi connectivity index (χ0v) is 6.01. The normalized spacial score (nSPS) is 39.8. The van der Waals surface area contributed by atoms with Gasteiger partial charge in [-0.1, -0.05) is 6.58 Å². The number of hydrogen-bond donors (Lipinski definition) is 0. The molecule has 2 atom stereocenters. The molecule has 0 unspecified atom stereocenters. The minimum atomic E-state index is 0.0428. The fourth-order valence-corrected chi connectivity index (χ4v) is 1.61. The van der Waals surface area contributed by atoms with Crippen molar-refractivity contribution in [3.05, 3.63) is 12.2 Å². The van der Waals surface area contributed by atoms with Crippen molar-refractivity contribution in [2.75, 3.05) is 13.2 Å². The van der Waals surface area contributed by atoms with Crippen molar-refractivity contribution in [3.8, 4) is 0 Å². The van der Waals surface area contributed by atoms with Gasteiger partial charge in [0, 0.05) is 12.5 Å². The van der Waals surface area contributed by atoms with Gasteiger partial charge in [0.05, 0.1) is 6.61 Å². The maximum absolute atomic E-state index is 5.39. The number of hydrogen-bond acceptors (Lipinski definition) is 2. The topological polar surface area (TPSA) is 18.5 Å². The lowest BCUT2D eigenvalue weighted by Gasteiger charge is -2.24. The smallest absolute Gasteiger partial charge is 0.164 e. The predicted octanol–water partition coefficient (Wildman–Crippen LogP) is 1.33. The standard InChI is InChI=1S/C8H12O2/c1-6-5-10-8-7(6)3-2-4-9-8/h7-8H,1-5H2/t7-,8+/m1/s1. The number of fused-ring (bicyclic) bond motifs is 1. The van der Waals surface area contributed by atoms with Crippen LogP contribution in [0.25, 0.3) is 0 Å². The number of rotatable bonds is 0. The summed E-state index contributed by atoms with van der Waals surface area (Å²) < 4.78 is 10.7. The van der Waals surface area contributed by atoms with E-state index in [9.17, 15) is 0 Å². The van der Waals surface area contributed by atoms with Crippen LogP contribution in [0.15, 0.2) is 12.2 Å². The first-order valence-corrected chi connectivity index (χ1v) is 3.79. The van der Waals surface area contributed by atoms with Crippen molar-refractivity contribution in [2.24, 2.45) is 5.92 Å². The second-order valence-electron chi connectivity index (χ2n) is 2.96. The maximum Gasteiger partial charge on any atom is 0.164 e. The average Bonchev–Trinajstić information content (AvgIpc) is 2.34. The van der Waals surface area contributed by atoms with Crippen LogP contribution in [0.4, 0.5) is 0 Å². The summed E-state index contributed by atoms with van der Waals surface area (Å²) in [7, 11) is 0. The molecule has 2 saturated heterocycles.